The van der Waals surface area contributed by atoms with Crippen LogP contribution in [0.1, 0.15) is 25.3 Å². The zero-order chi connectivity index (χ0) is 18.3. The molecule has 140 valence electrons. The largest absolute Gasteiger partial charge is 0.497 e. The zero-order valence-electron chi connectivity index (χ0n) is 15.7. The fourth-order valence-electron chi connectivity index (χ4n) is 6.81. The minimum atomic E-state index is -0.780. The number of fused-ring (bicyclic) bond motifs is 1. The summed E-state index contributed by atoms with van der Waals surface area (Å²) >= 11 is 0. The average Bonchev–Trinajstić information content (AvgIpc) is 3.17. The highest BCUT2D eigenvalue weighted by atomic mass is 16.5. The van der Waals surface area contributed by atoms with Crippen LogP contribution >= 0.6 is 0 Å². The monoisotopic (exact) mass is 356 g/mol. The van der Waals surface area contributed by atoms with E-state index in [9.17, 15) is 10.2 Å². The van der Waals surface area contributed by atoms with Gasteiger partial charge in [-0.3, -0.25) is 4.90 Å². The number of ether oxygens (including phenoxy) is 1. The highest BCUT2D eigenvalue weighted by molar-refractivity contribution is 5.69. The minimum Gasteiger partial charge on any atom is -0.497 e. The van der Waals surface area contributed by atoms with Crippen LogP contribution in [-0.2, 0) is 5.41 Å². The average molecular weight is 356 g/mol. The second-order valence-electron chi connectivity index (χ2n) is 8.43. The molecule has 5 rings (SSSR count). The van der Waals surface area contributed by atoms with E-state index < -0.39 is 17.6 Å². The highest BCUT2D eigenvalue weighted by Gasteiger charge is 2.72. The predicted octanol–water partition coefficient (Wildman–Crippen LogP) is 1.53. The molecule has 4 aliphatic rings. The molecule has 1 spiro atoms. The third-order valence-electron chi connectivity index (χ3n) is 7.78. The van der Waals surface area contributed by atoms with Crippen LogP contribution in [-0.4, -0.2) is 66.7 Å². The van der Waals surface area contributed by atoms with E-state index in [4.69, 9.17) is 4.74 Å². The number of anilines is 1. The van der Waals surface area contributed by atoms with Crippen LogP contribution in [0.3, 0.4) is 0 Å². The summed E-state index contributed by atoms with van der Waals surface area (Å²) in [6.07, 6.45) is 4.69. The summed E-state index contributed by atoms with van der Waals surface area (Å²) in [5.41, 5.74) is 1.88. The van der Waals surface area contributed by atoms with Crippen molar-refractivity contribution in [2.24, 2.45) is 5.41 Å². The van der Waals surface area contributed by atoms with E-state index in [2.05, 4.69) is 41.0 Å². The number of benzene rings is 1. The van der Waals surface area contributed by atoms with Crippen LogP contribution in [0.15, 0.2) is 30.4 Å². The van der Waals surface area contributed by atoms with Crippen LogP contribution < -0.4 is 9.64 Å². The number of aliphatic hydroxyl groups is 2. The Morgan fingerprint density at radius 2 is 2.12 bits per heavy atom. The molecule has 0 amide bonds. The number of likely N-dealkylation sites (N-methyl/N-ethyl adjacent to an activating group) is 1. The lowest BCUT2D eigenvalue weighted by Gasteiger charge is -2.60. The van der Waals surface area contributed by atoms with Gasteiger partial charge in [-0.05, 0) is 31.0 Å². The number of hydrogen-bond donors (Lipinski definition) is 2. The van der Waals surface area contributed by atoms with Crippen molar-refractivity contribution in [3.63, 3.8) is 0 Å². The maximum absolute atomic E-state index is 11.3. The summed E-state index contributed by atoms with van der Waals surface area (Å²) in [6, 6.07) is 6.41. The van der Waals surface area contributed by atoms with Crippen molar-refractivity contribution < 1.29 is 14.9 Å². The Morgan fingerprint density at radius 3 is 2.85 bits per heavy atom. The third kappa shape index (κ3) is 1.63. The lowest BCUT2D eigenvalue weighted by molar-refractivity contribution is -0.139. The number of aliphatic hydroxyl groups excluding tert-OH is 2. The SMILES string of the molecule is CCC12C=CCN3CC[C@@]4(c5ccc(OC)cc5N(C)[C@H]4[C@H](O)[C@@H]1O)[C@@H]32. The lowest BCUT2D eigenvalue weighted by Crippen LogP contribution is -2.73. The number of rotatable bonds is 2. The first-order chi connectivity index (χ1) is 12.5. The topological polar surface area (TPSA) is 56.2 Å². The van der Waals surface area contributed by atoms with Crippen LogP contribution in [0.4, 0.5) is 5.69 Å². The summed E-state index contributed by atoms with van der Waals surface area (Å²) in [5, 5.41) is 22.5. The van der Waals surface area contributed by atoms with Gasteiger partial charge in [-0.25, -0.2) is 0 Å². The molecule has 6 atom stereocenters. The van der Waals surface area contributed by atoms with Gasteiger partial charge in [-0.2, -0.15) is 0 Å². The third-order valence-corrected chi connectivity index (χ3v) is 7.78. The van der Waals surface area contributed by atoms with Gasteiger partial charge in [0.1, 0.15) is 11.9 Å². The molecule has 1 unspecified atom stereocenters. The molecule has 0 aromatic heterocycles. The van der Waals surface area contributed by atoms with Crippen molar-refractivity contribution in [1.29, 1.82) is 0 Å². The van der Waals surface area contributed by atoms with Gasteiger partial charge in [0, 0.05) is 42.2 Å². The van der Waals surface area contributed by atoms with Crippen LogP contribution in [0.25, 0.3) is 0 Å². The summed E-state index contributed by atoms with van der Waals surface area (Å²) in [4.78, 5) is 4.71. The molecular formula is C21H28N2O3. The van der Waals surface area contributed by atoms with Crippen LogP contribution in [0.5, 0.6) is 5.75 Å². The Morgan fingerprint density at radius 1 is 1.31 bits per heavy atom. The Kier molecular flexibility index (Phi) is 3.35. The molecule has 5 nitrogen and oxygen atoms in total. The number of nitrogens with zero attached hydrogens (tertiary/aromatic N) is 2. The fourth-order valence-corrected chi connectivity index (χ4v) is 6.81. The van der Waals surface area contributed by atoms with Crippen molar-refractivity contribution in [2.45, 2.75) is 49.5 Å². The normalized spacial score (nSPS) is 43.2. The Bertz CT molecular complexity index is 781. The van der Waals surface area contributed by atoms with Gasteiger partial charge in [-0.1, -0.05) is 25.1 Å². The molecule has 1 aliphatic carbocycles. The summed E-state index contributed by atoms with van der Waals surface area (Å²) in [6.45, 7) is 4.08. The van der Waals surface area contributed by atoms with Crippen molar-refractivity contribution in [3.8, 4) is 5.75 Å². The van der Waals surface area contributed by atoms with Gasteiger partial charge in [0.2, 0.25) is 0 Å². The van der Waals surface area contributed by atoms with Crippen LogP contribution in [0.2, 0.25) is 0 Å². The first kappa shape index (κ1) is 16.6. The van der Waals surface area contributed by atoms with Gasteiger partial charge < -0.3 is 19.8 Å². The molecule has 3 heterocycles. The second-order valence-corrected chi connectivity index (χ2v) is 8.43. The Hall–Kier alpha value is -1.56. The predicted molar refractivity (Wildman–Crippen MR) is 101 cm³/mol. The molecule has 1 aromatic carbocycles. The Labute approximate surface area is 154 Å². The van der Waals surface area contributed by atoms with Crippen molar-refractivity contribution in [3.05, 3.63) is 35.9 Å². The molecule has 5 heteroatoms. The molecule has 26 heavy (non-hydrogen) atoms. The van der Waals surface area contributed by atoms with E-state index in [1.54, 1.807) is 7.11 Å². The molecule has 2 fully saturated rings. The van der Waals surface area contributed by atoms with Crippen molar-refractivity contribution >= 4 is 5.69 Å². The molecule has 1 saturated heterocycles. The van der Waals surface area contributed by atoms with E-state index in [1.165, 1.54) is 5.56 Å². The molecule has 3 aliphatic heterocycles. The number of methoxy groups -OCH3 is 1. The smallest absolute Gasteiger partial charge is 0.120 e. The molecule has 0 bridgehead atoms. The quantitative estimate of drug-likeness (QED) is 0.787. The number of hydrogen-bond acceptors (Lipinski definition) is 5. The van der Waals surface area contributed by atoms with Gasteiger partial charge >= 0.3 is 0 Å². The fraction of sp³-hybridized carbons (Fsp3) is 0.619. The molecular weight excluding hydrogens is 328 g/mol. The molecule has 0 radical (unpaired) electrons. The van der Waals surface area contributed by atoms with Crippen molar-refractivity contribution in [1.82, 2.24) is 4.90 Å². The van der Waals surface area contributed by atoms with E-state index in [0.29, 0.717) is 0 Å². The maximum atomic E-state index is 11.3. The van der Waals surface area contributed by atoms with E-state index in [-0.39, 0.29) is 17.5 Å². The van der Waals surface area contributed by atoms with E-state index >= 15 is 0 Å². The van der Waals surface area contributed by atoms with Gasteiger partial charge in [0.25, 0.3) is 0 Å². The summed E-state index contributed by atoms with van der Waals surface area (Å²) in [7, 11) is 3.74. The first-order valence-corrected chi connectivity index (χ1v) is 9.70. The lowest BCUT2D eigenvalue weighted by atomic mass is 9.51. The maximum Gasteiger partial charge on any atom is 0.120 e. The summed E-state index contributed by atoms with van der Waals surface area (Å²) in [5.74, 6) is 0.834. The van der Waals surface area contributed by atoms with E-state index in [0.717, 1.165) is 37.4 Å². The van der Waals surface area contributed by atoms with Crippen LogP contribution in [0, 0.1) is 5.41 Å². The Balaban J connectivity index is 1.78. The molecule has 2 N–H and O–H groups in total. The van der Waals surface area contributed by atoms with Crippen molar-refractivity contribution in [2.75, 3.05) is 32.1 Å². The first-order valence-electron chi connectivity index (χ1n) is 9.70. The van der Waals surface area contributed by atoms with Gasteiger partial charge in [0.15, 0.2) is 0 Å². The zero-order valence-corrected chi connectivity index (χ0v) is 15.7. The summed E-state index contributed by atoms with van der Waals surface area (Å²) < 4.78 is 5.45. The second kappa shape index (κ2) is 5.24. The van der Waals surface area contributed by atoms with Gasteiger partial charge in [-0.15, -0.1) is 0 Å². The van der Waals surface area contributed by atoms with Gasteiger partial charge in [0.05, 0.1) is 19.3 Å². The van der Waals surface area contributed by atoms with E-state index in [1.807, 2.05) is 13.1 Å². The minimum absolute atomic E-state index is 0.110. The molecule has 1 saturated carbocycles. The highest BCUT2D eigenvalue weighted by Crippen LogP contribution is 2.64. The molecule has 1 aromatic rings. The standard InChI is InChI=1S/C21H28N2O3/c1-4-20-8-5-10-23-11-9-21(19(20)23)14-7-6-13(26-3)12-15(14)22(2)17(21)16(24)18(20)25/h5-8,12,16-19,24-25H,4,9-11H2,1-3H3/t16-,17-,18-,19-,20?,21-/m0/s1.